The Labute approximate surface area is 141 Å². The highest BCUT2D eigenvalue weighted by Gasteiger charge is 2.39. The minimum absolute atomic E-state index is 0.0372. The van der Waals surface area contributed by atoms with Gasteiger partial charge in [0.15, 0.2) is 6.23 Å². The first-order valence-corrected chi connectivity index (χ1v) is 8.01. The fourth-order valence-electron chi connectivity index (χ4n) is 2.09. The normalized spacial score (nSPS) is 13.8. The van der Waals surface area contributed by atoms with Crippen molar-refractivity contribution in [1.29, 1.82) is 0 Å². The third-order valence-corrected chi connectivity index (χ3v) is 4.20. The molecule has 1 unspecified atom stereocenters. The molecule has 1 heterocycles. The molecule has 0 fully saturated rings. The van der Waals surface area contributed by atoms with Gasteiger partial charge in [0, 0.05) is 28.6 Å². The molecule has 0 saturated heterocycles. The van der Waals surface area contributed by atoms with Crippen LogP contribution in [-0.2, 0) is 0 Å². The molecule has 1 aromatic carbocycles. The monoisotopic (exact) mass is 364 g/mol. The quantitative estimate of drug-likeness (QED) is 0.673. The third-order valence-electron chi connectivity index (χ3n) is 3.00. The topological polar surface area (TPSA) is 27.1 Å². The number of thioether (sulfide) groups is 1. The maximum absolute atomic E-state index is 12.7. The van der Waals surface area contributed by atoms with E-state index in [-0.39, 0.29) is 18.2 Å². The summed E-state index contributed by atoms with van der Waals surface area (Å²) in [4.78, 5) is 3.94. The molecule has 8 heteroatoms. The molecular formula is C15H16ClF3N2OS. The van der Waals surface area contributed by atoms with Crippen LogP contribution in [0.1, 0.15) is 26.5 Å². The number of hydrogen-bond donors (Lipinski definition) is 0. The number of benzene rings is 1. The van der Waals surface area contributed by atoms with Crippen molar-refractivity contribution in [1.82, 2.24) is 9.55 Å². The smallest absolute Gasteiger partial charge is 0.442 e. The van der Waals surface area contributed by atoms with Gasteiger partial charge < -0.3 is 9.30 Å². The lowest BCUT2D eigenvalue weighted by Gasteiger charge is -2.30. The molecule has 126 valence electrons. The summed E-state index contributed by atoms with van der Waals surface area (Å²) in [5, 5.41) is 0.560. The van der Waals surface area contributed by atoms with E-state index in [0.29, 0.717) is 10.8 Å². The van der Waals surface area contributed by atoms with E-state index in [9.17, 15) is 13.2 Å². The number of alkyl halides is 3. The number of nitrogens with zero attached hydrogens (tertiary/aromatic N) is 2. The van der Waals surface area contributed by atoms with E-state index in [4.69, 9.17) is 16.3 Å². The lowest BCUT2D eigenvalue weighted by molar-refractivity contribution is -0.0346. The molecule has 0 saturated carbocycles. The van der Waals surface area contributed by atoms with Gasteiger partial charge in [-0.15, -0.1) is 0 Å². The Morgan fingerprint density at radius 1 is 1.26 bits per heavy atom. The lowest BCUT2D eigenvalue weighted by atomic mass is 10.1. The van der Waals surface area contributed by atoms with Gasteiger partial charge in [0.05, 0.1) is 6.33 Å². The summed E-state index contributed by atoms with van der Waals surface area (Å²) >= 11 is 5.79. The van der Waals surface area contributed by atoms with E-state index >= 15 is 0 Å². The number of imidazole rings is 1. The molecule has 1 atom stereocenters. The van der Waals surface area contributed by atoms with Crippen molar-refractivity contribution in [3.63, 3.8) is 0 Å². The zero-order valence-corrected chi connectivity index (χ0v) is 14.1. The van der Waals surface area contributed by atoms with Crippen molar-refractivity contribution in [3.05, 3.63) is 48.0 Å². The molecule has 3 nitrogen and oxygen atoms in total. The van der Waals surface area contributed by atoms with Crippen LogP contribution in [0.4, 0.5) is 13.2 Å². The van der Waals surface area contributed by atoms with Gasteiger partial charge in [-0.2, -0.15) is 13.2 Å². The Hall–Kier alpha value is -1.34. The van der Waals surface area contributed by atoms with Gasteiger partial charge in [-0.05, 0) is 36.0 Å². The van der Waals surface area contributed by atoms with E-state index in [0.717, 1.165) is 0 Å². The predicted molar refractivity (Wildman–Crippen MR) is 85.7 cm³/mol. The van der Waals surface area contributed by atoms with Gasteiger partial charge in [-0.3, -0.25) is 0 Å². The summed E-state index contributed by atoms with van der Waals surface area (Å²) in [6, 6.07) is 6.68. The van der Waals surface area contributed by atoms with Gasteiger partial charge in [0.25, 0.3) is 0 Å². The summed E-state index contributed by atoms with van der Waals surface area (Å²) in [6.45, 7) is 3.08. The molecule has 2 aromatic rings. The second-order valence-corrected chi connectivity index (χ2v) is 7.76. The van der Waals surface area contributed by atoms with Crippen molar-refractivity contribution in [3.8, 4) is 5.75 Å². The maximum atomic E-state index is 12.7. The summed E-state index contributed by atoms with van der Waals surface area (Å²) in [7, 11) is 0. The molecule has 23 heavy (non-hydrogen) atoms. The summed E-state index contributed by atoms with van der Waals surface area (Å²) in [5.41, 5.74) is -4.30. The van der Waals surface area contributed by atoms with Crippen LogP contribution in [0.25, 0.3) is 0 Å². The summed E-state index contributed by atoms with van der Waals surface area (Å²) in [5.74, 6) is 0.529. The highest BCUT2D eigenvalue weighted by Crippen LogP contribution is 2.44. The highest BCUT2D eigenvalue weighted by atomic mass is 35.5. The lowest BCUT2D eigenvalue weighted by Crippen LogP contribution is -2.28. The molecule has 0 spiro atoms. The Morgan fingerprint density at radius 3 is 2.43 bits per heavy atom. The van der Waals surface area contributed by atoms with Gasteiger partial charge in [0.2, 0.25) is 0 Å². The van der Waals surface area contributed by atoms with Gasteiger partial charge >= 0.3 is 5.51 Å². The second-order valence-electron chi connectivity index (χ2n) is 5.55. The largest absolute Gasteiger partial charge is 0.470 e. The first-order chi connectivity index (χ1) is 10.6. The predicted octanol–water partition coefficient (Wildman–Crippen LogP) is 5.54. The SMILES string of the molecule is CC(C)(CC(Oc1ccc(Cl)cc1)n1ccnc1)SC(F)(F)F. The minimum atomic E-state index is -4.30. The van der Waals surface area contributed by atoms with E-state index in [1.165, 1.54) is 6.33 Å². The van der Waals surface area contributed by atoms with Crippen LogP contribution in [-0.4, -0.2) is 19.8 Å². The first kappa shape index (κ1) is 18.0. The number of ether oxygens (including phenoxy) is 1. The van der Waals surface area contributed by atoms with Gasteiger partial charge in [-0.25, -0.2) is 4.98 Å². The van der Waals surface area contributed by atoms with Crippen LogP contribution in [0, 0.1) is 0 Å². The molecule has 2 rings (SSSR count). The Bertz CT molecular complexity index is 615. The Kier molecular flexibility index (Phi) is 5.52. The van der Waals surface area contributed by atoms with E-state index in [1.54, 1.807) is 55.1 Å². The fourth-order valence-corrected chi connectivity index (χ4v) is 3.07. The average Bonchev–Trinajstić information content (AvgIpc) is 2.91. The zero-order valence-electron chi connectivity index (χ0n) is 12.5. The van der Waals surface area contributed by atoms with Crippen LogP contribution in [0.15, 0.2) is 43.0 Å². The van der Waals surface area contributed by atoms with Crippen molar-refractivity contribution in [2.75, 3.05) is 0 Å². The van der Waals surface area contributed by atoms with Crippen LogP contribution < -0.4 is 4.74 Å². The van der Waals surface area contributed by atoms with Crippen LogP contribution >= 0.6 is 23.4 Å². The standard InChI is InChI=1S/C15H16ClF3N2OS/c1-14(2,23-15(17,18)19)9-13(21-8-7-20-10-21)22-12-5-3-11(16)4-6-12/h3-8,10,13H,9H2,1-2H3. The average molecular weight is 365 g/mol. The van der Waals surface area contributed by atoms with Gasteiger partial charge in [-0.1, -0.05) is 25.4 Å². The highest BCUT2D eigenvalue weighted by molar-refractivity contribution is 8.01. The number of rotatable bonds is 6. The second kappa shape index (κ2) is 7.05. The van der Waals surface area contributed by atoms with Crippen molar-refractivity contribution in [2.45, 2.75) is 36.8 Å². The number of hydrogen-bond acceptors (Lipinski definition) is 3. The molecule has 0 aliphatic heterocycles. The Morgan fingerprint density at radius 2 is 1.91 bits per heavy atom. The fraction of sp³-hybridized carbons (Fsp3) is 0.400. The first-order valence-electron chi connectivity index (χ1n) is 6.81. The number of halogens is 4. The zero-order chi connectivity index (χ0) is 17.1. The minimum Gasteiger partial charge on any atom is -0.470 e. The van der Waals surface area contributed by atoms with Crippen LogP contribution in [0.3, 0.4) is 0 Å². The molecule has 1 aromatic heterocycles. The molecule has 0 N–H and O–H groups in total. The molecule has 0 aliphatic carbocycles. The Balaban J connectivity index is 2.16. The van der Waals surface area contributed by atoms with Crippen molar-refractivity contribution >= 4 is 23.4 Å². The van der Waals surface area contributed by atoms with Crippen molar-refractivity contribution in [2.24, 2.45) is 0 Å². The summed E-state index contributed by atoms with van der Waals surface area (Å²) in [6.07, 6.45) is 4.28. The molecule has 0 aliphatic rings. The molecule has 0 radical (unpaired) electrons. The summed E-state index contributed by atoms with van der Waals surface area (Å²) < 4.78 is 44.5. The number of aromatic nitrogens is 2. The van der Waals surface area contributed by atoms with E-state index in [1.807, 2.05) is 0 Å². The van der Waals surface area contributed by atoms with Crippen LogP contribution in [0.2, 0.25) is 5.02 Å². The van der Waals surface area contributed by atoms with E-state index in [2.05, 4.69) is 4.98 Å². The van der Waals surface area contributed by atoms with Gasteiger partial charge in [0.1, 0.15) is 5.75 Å². The molecular weight excluding hydrogens is 349 g/mol. The maximum Gasteiger partial charge on any atom is 0.442 e. The van der Waals surface area contributed by atoms with Crippen LogP contribution in [0.5, 0.6) is 5.75 Å². The van der Waals surface area contributed by atoms with Crippen molar-refractivity contribution < 1.29 is 17.9 Å². The van der Waals surface area contributed by atoms with E-state index < -0.39 is 16.5 Å². The molecule has 0 bridgehead atoms. The third kappa shape index (κ3) is 5.99. The molecule has 0 amide bonds.